The van der Waals surface area contributed by atoms with Gasteiger partial charge in [-0.3, -0.25) is 0 Å². The Morgan fingerprint density at radius 1 is 1.39 bits per heavy atom. The fourth-order valence-electron chi connectivity index (χ4n) is 3.29. The number of thiol groups is 1. The third kappa shape index (κ3) is 3.82. The van der Waals surface area contributed by atoms with Gasteiger partial charge in [0.1, 0.15) is 10.7 Å². The zero-order valence-electron chi connectivity index (χ0n) is 11.1. The number of rotatable bonds is 6. The topological polar surface area (TPSA) is 43.4 Å². The Labute approximate surface area is 112 Å². The van der Waals surface area contributed by atoms with Crippen LogP contribution in [0.15, 0.2) is 11.6 Å². The lowest BCUT2D eigenvalue weighted by Gasteiger charge is -2.39. The second-order valence-corrected chi connectivity index (χ2v) is 6.65. The summed E-state index contributed by atoms with van der Waals surface area (Å²) >= 11 is 0. The minimum atomic E-state index is -2.24. The summed E-state index contributed by atoms with van der Waals surface area (Å²) in [6, 6.07) is 0. The monoisotopic (exact) mass is 272 g/mol. The van der Waals surface area contributed by atoms with Crippen molar-refractivity contribution in [1.82, 2.24) is 0 Å². The molecule has 1 fully saturated rings. The van der Waals surface area contributed by atoms with E-state index in [-0.39, 0.29) is 5.75 Å². The van der Waals surface area contributed by atoms with Crippen LogP contribution < -0.4 is 0 Å². The standard InChI is InChI=1S/C14H24O3S/c1-2-11-8-12-4-5-14(13(9-11)10-12)17-6-3-7-18(15)16/h8,12-14,18H,2-7,9-10H2,1H3. The van der Waals surface area contributed by atoms with Gasteiger partial charge in [-0.15, -0.1) is 0 Å². The van der Waals surface area contributed by atoms with Crippen molar-refractivity contribution in [3.8, 4) is 0 Å². The van der Waals surface area contributed by atoms with Gasteiger partial charge in [0.05, 0.1) is 6.10 Å². The second-order valence-electron chi connectivity index (χ2n) is 5.53. The molecule has 2 aliphatic rings. The Bertz CT molecular complexity index is 365. The molecule has 3 atom stereocenters. The molecule has 4 heteroatoms. The lowest BCUT2D eigenvalue weighted by molar-refractivity contribution is -0.0210. The molecule has 2 aliphatic carbocycles. The maximum Gasteiger partial charge on any atom is 0.140 e. The molecule has 0 aliphatic heterocycles. The Kier molecular flexibility index (Phi) is 5.25. The summed E-state index contributed by atoms with van der Waals surface area (Å²) in [6.45, 7) is 2.83. The summed E-state index contributed by atoms with van der Waals surface area (Å²) in [5, 5.41) is 0. The quantitative estimate of drug-likeness (QED) is 0.459. The first-order chi connectivity index (χ1) is 8.69. The summed E-state index contributed by atoms with van der Waals surface area (Å²) in [5.74, 6) is 1.70. The van der Waals surface area contributed by atoms with Gasteiger partial charge >= 0.3 is 0 Å². The smallest absolute Gasteiger partial charge is 0.140 e. The molecule has 0 aromatic carbocycles. The molecular weight excluding hydrogens is 248 g/mol. The molecular formula is C14H24O3S. The van der Waals surface area contributed by atoms with Crippen LogP contribution in [0.2, 0.25) is 0 Å². The van der Waals surface area contributed by atoms with Crippen LogP contribution in [0.1, 0.15) is 45.4 Å². The van der Waals surface area contributed by atoms with E-state index in [1.54, 1.807) is 5.57 Å². The molecule has 1 saturated carbocycles. The SMILES string of the molecule is CCC1=CC2CCC(OCCC[SH](=O)=O)C(C1)C2. The van der Waals surface area contributed by atoms with E-state index < -0.39 is 10.7 Å². The normalized spacial score (nSPS) is 31.4. The molecule has 3 unspecified atom stereocenters. The van der Waals surface area contributed by atoms with Gasteiger partial charge < -0.3 is 4.74 Å². The van der Waals surface area contributed by atoms with Crippen LogP contribution in [-0.2, 0) is 15.4 Å². The minimum Gasteiger partial charge on any atom is -0.378 e. The van der Waals surface area contributed by atoms with E-state index >= 15 is 0 Å². The molecule has 0 radical (unpaired) electrons. The third-order valence-corrected chi connectivity index (χ3v) is 4.90. The van der Waals surface area contributed by atoms with Crippen LogP contribution in [0.5, 0.6) is 0 Å². The molecule has 0 amide bonds. The molecule has 0 saturated heterocycles. The number of hydrogen-bond donors (Lipinski definition) is 1. The van der Waals surface area contributed by atoms with Crippen LogP contribution in [0, 0.1) is 11.8 Å². The molecule has 0 spiro atoms. The number of allylic oxidation sites excluding steroid dienone is 2. The summed E-state index contributed by atoms with van der Waals surface area (Å²) in [6.07, 6.45) is 9.48. The molecule has 18 heavy (non-hydrogen) atoms. The Morgan fingerprint density at radius 3 is 2.94 bits per heavy atom. The highest BCUT2D eigenvalue weighted by atomic mass is 32.2. The van der Waals surface area contributed by atoms with Crippen molar-refractivity contribution in [3.63, 3.8) is 0 Å². The second kappa shape index (κ2) is 6.71. The van der Waals surface area contributed by atoms with Crippen molar-refractivity contribution in [1.29, 1.82) is 0 Å². The molecule has 0 heterocycles. The van der Waals surface area contributed by atoms with Crippen LogP contribution in [0.4, 0.5) is 0 Å². The van der Waals surface area contributed by atoms with Crippen molar-refractivity contribution in [2.75, 3.05) is 12.4 Å². The highest BCUT2D eigenvalue weighted by Crippen LogP contribution is 2.41. The van der Waals surface area contributed by atoms with Gasteiger partial charge in [-0.25, -0.2) is 8.42 Å². The minimum absolute atomic E-state index is 0.259. The van der Waals surface area contributed by atoms with Gasteiger partial charge in [-0.1, -0.05) is 18.6 Å². The summed E-state index contributed by atoms with van der Waals surface area (Å²) in [5.41, 5.74) is 1.59. The van der Waals surface area contributed by atoms with Crippen molar-refractivity contribution < 1.29 is 13.2 Å². The van der Waals surface area contributed by atoms with E-state index in [9.17, 15) is 8.42 Å². The number of hydrogen-bond acceptors (Lipinski definition) is 3. The molecule has 0 aromatic heterocycles. The maximum absolute atomic E-state index is 10.5. The van der Waals surface area contributed by atoms with Crippen LogP contribution >= 0.6 is 0 Å². The first-order valence-electron chi connectivity index (χ1n) is 7.12. The number of ether oxygens (including phenoxy) is 1. The van der Waals surface area contributed by atoms with Crippen LogP contribution in [0.25, 0.3) is 0 Å². The molecule has 104 valence electrons. The summed E-state index contributed by atoms with van der Waals surface area (Å²) < 4.78 is 26.9. The van der Waals surface area contributed by atoms with E-state index in [2.05, 4.69) is 13.0 Å². The van der Waals surface area contributed by atoms with Crippen molar-refractivity contribution in [2.45, 2.75) is 51.6 Å². The average Bonchev–Trinajstić information content (AvgIpc) is 2.36. The Balaban J connectivity index is 1.79. The van der Waals surface area contributed by atoms with Gasteiger partial charge in [0, 0.05) is 12.4 Å². The van der Waals surface area contributed by atoms with E-state index in [4.69, 9.17) is 4.74 Å². The van der Waals surface area contributed by atoms with Crippen molar-refractivity contribution in [3.05, 3.63) is 11.6 Å². The molecule has 0 N–H and O–H groups in total. The van der Waals surface area contributed by atoms with Gasteiger partial charge in [0.15, 0.2) is 0 Å². The average molecular weight is 272 g/mol. The molecule has 3 nitrogen and oxygen atoms in total. The van der Waals surface area contributed by atoms with Crippen molar-refractivity contribution in [2.24, 2.45) is 11.8 Å². The first kappa shape index (κ1) is 14.1. The van der Waals surface area contributed by atoms with Crippen molar-refractivity contribution >= 4 is 10.7 Å². The Morgan fingerprint density at radius 2 is 2.22 bits per heavy atom. The fraction of sp³-hybridized carbons (Fsp3) is 0.857. The van der Waals surface area contributed by atoms with Gasteiger partial charge in [0.2, 0.25) is 0 Å². The highest BCUT2D eigenvalue weighted by molar-refractivity contribution is 7.72. The summed E-state index contributed by atoms with van der Waals surface area (Å²) in [7, 11) is -2.24. The molecule has 2 rings (SSSR count). The zero-order valence-corrected chi connectivity index (χ0v) is 12.0. The predicted molar refractivity (Wildman–Crippen MR) is 73.4 cm³/mol. The zero-order chi connectivity index (χ0) is 13.0. The van der Waals surface area contributed by atoms with E-state index in [0.717, 1.165) is 18.8 Å². The predicted octanol–water partition coefficient (Wildman–Crippen LogP) is 2.53. The Hall–Kier alpha value is -0.350. The fourth-order valence-corrected chi connectivity index (χ4v) is 3.67. The van der Waals surface area contributed by atoms with Crippen LogP contribution in [0.3, 0.4) is 0 Å². The van der Waals surface area contributed by atoms with Gasteiger partial charge in [-0.2, -0.15) is 0 Å². The lowest BCUT2D eigenvalue weighted by atomic mass is 9.71. The summed E-state index contributed by atoms with van der Waals surface area (Å²) in [4.78, 5) is 0. The lowest BCUT2D eigenvalue weighted by Crippen LogP contribution is -2.34. The van der Waals surface area contributed by atoms with Crippen LogP contribution in [-0.4, -0.2) is 26.9 Å². The van der Waals surface area contributed by atoms with Gasteiger partial charge in [-0.05, 0) is 50.4 Å². The van der Waals surface area contributed by atoms with E-state index in [1.165, 1.54) is 19.3 Å². The first-order valence-corrected chi connectivity index (χ1v) is 8.48. The molecule has 0 aromatic rings. The van der Waals surface area contributed by atoms with E-state index in [0.29, 0.717) is 25.0 Å². The maximum atomic E-state index is 10.5. The third-order valence-electron chi connectivity index (χ3n) is 4.22. The number of fused-ring (bicyclic) bond motifs is 2. The van der Waals surface area contributed by atoms with E-state index in [1.807, 2.05) is 0 Å². The highest BCUT2D eigenvalue weighted by Gasteiger charge is 2.33. The van der Waals surface area contributed by atoms with Gasteiger partial charge in [0.25, 0.3) is 0 Å². The largest absolute Gasteiger partial charge is 0.378 e. The molecule has 2 bridgehead atoms.